The van der Waals surface area contributed by atoms with Gasteiger partial charge in [-0.05, 0) is 0 Å². The van der Waals surface area contributed by atoms with Crippen LogP contribution < -0.4 is 10.6 Å². The highest BCUT2D eigenvalue weighted by Gasteiger charge is 2.38. The Morgan fingerprint density at radius 2 is 2.40 bits per heavy atom. The number of terminal acetylenes is 1. The van der Waals surface area contributed by atoms with Gasteiger partial charge in [0, 0.05) is 25.4 Å². The van der Waals surface area contributed by atoms with Crippen LogP contribution in [0.5, 0.6) is 0 Å². The predicted molar refractivity (Wildman–Crippen MR) is 62.0 cm³/mol. The first kappa shape index (κ1) is 12.4. The van der Waals surface area contributed by atoms with E-state index in [4.69, 9.17) is 11.5 Å². The van der Waals surface area contributed by atoms with Crippen LogP contribution in [0.15, 0.2) is 0 Å². The molecule has 0 aromatic carbocycles. The number of hydrogen-bond donors (Lipinski definition) is 3. The molecule has 0 unspecified atom stereocenters. The van der Waals surface area contributed by atoms with Crippen LogP contribution in [0.2, 0.25) is 0 Å². The van der Waals surface area contributed by atoms with Crippen LogP contribution in [0.25, 0.3) is 0 Å². The second kappa shape index (κ2) is 6.01. The molecule has 5 heteroatoms. The van der Waals surface area contributed by atoms with Crippen LogP contribution in [0.4, 0.5) is 0 Å². The van der Waals surface area contributed by atoms with Crippen LogP contribution in [-0.2, 0) is 4.79 Å². The van der Waals surface area contributed by atoms with Crippen molar-refractivity contribution < 1.29 is 9.90 Å². The third-order valence-corrected chi connectivity index (χ3v) is 3.21. The zero-order valence-electron chi connectivity index (χ0n) is 8.58. The van der Waals surface area contributed by atoms with E-state index in [1.54, 1.807) is 11.8 Å². The summed E-state index contributed by atoms with van der Waals surface area (Å²) in [5.41, 5.74) is -0.234. The third-order valence-electron chi connectivity index (χ3n) is 2.35. The van der Waals surface area contributed by atoms with Gasteiger partial charge in [-0.15, -0.1) is 18.2 Å². The molecule has 1 aliphatic rings. The smallest absolute Gasteiger partial charge is 0.305 e. The van der Waals surface area contributed by atoms with Gasteiger partial charge in [0.15, 0.2) is 0 Å². The van der Waals surface area contributed by atoms with Crippen LogP contribution in [0.1, 0.15) is 6.42 Å². The lowest BCUT2D eigenvalue weighted by molar-refractivity contribution is -0.139. The van der Waals surface area contributed by atoms with E-state index in [9.17, 15) is 4.79 Å². The summed E-state index contributed by atoms with van der Waals surface area (Å²) in [4.78, 5) is 10.6. The molecule has 1 aliphatic heterocycles. The molecule has 0 amide bonds. The van der Waals surface area contributed by atoms with Gasteiger partial charge in [-0.3, -0.25) is 4.79 Å². The van der Waals surface area contributed by atoms with Crippen molar-refractivity contribution in [1.82, 2.24) is 10.6 Å². The molecular formula is C10H16N2O2S. The van der Waals surface area contributed by atoms with E-state index in [0.29, 0.717) is 5.75 Å². The van der Waals surface area contributed by atoms with E-state index in [2.05, 4.69) is 16.6 Å². The van der Waals surface area contributed by atoms with Crippen molar-refractivity contribution in [2.75, 3.05) is 31.1 Å². The summed E-state index contributed by atoms with van der Waals surface area (Å²) < 4.78 is 0. The number of carboxylic acids is 1. The van der Waals surface area contributed by atoms with Crippen molar-refractivity contribution in [1.29, 1.82) is 0 Å². The molecule has 1 heterocycles. The maximum Gasteiger partial charge on any atom is 0.305 e. The Balaban J connectivity index is 2.17. The highest BCUT2D eigenvalue weighted by atomic mass is 32.2. The molecule has 0 radical (unpaired) electrons. The zero-order chi connectivity index (χ0) is 11.1. The van der Waals surface area contributed by atoms with Gasteiger partial charge in [0.2, 0.25) is 0 Å². The van der Waals surface area contributed by atoms with Crippen molar-refractivity contribution in [3.05, 3.63) is 0 Å². The lowest BCUT2D eigenvalue weighted by Gasteiger charge is -2.42. The quantitative estimate of drug-likeness (QED) is 0.415. The standard InChI is InChI=1S/C10H16N2O2S/c1-2-4-15-5-3-12-10(6-9(13)14)7-11-8-10/h1,11-12H,3-8H2,(H,13,14). The topological polar surface area (TPSA) is 61.4 Å². The lowest BCUT2D eigenvalue weighted by Crippen LogP contribution is -2.68. The van der Waals surface area contributed by atoms with Gasteiger partial charge in [0.05, 0.1) is 17.7 Å². The first-order valence-corrected chi connectivity index (χ1v) is 6.03. The van der Waals surface area contributed by atoms with E-state index in [-0.39, 0.29) is 12.0 Å². The fraction of sp³-hybridized carbons (Fsp3) is 0.700. The SMILES string of the molecule is C#CCSCCNC1(CC(=O)O)CNC1. The summed E-state index contributed by atoms with van der Waals surface area (Å²) in [5, 5.41) is 15.1. The molecule has 0 saturated carbocycles. The normalized spacial score (nSPS) is 17.8. The molecule has 1 saturated heterocycles. The van der Waals surface area contributed by atoms with Gasteiger partial charge in [-0.25, -0.2) is 0 Å². The molecule has 0 atom stereocenters. The second-order valence-electron chi connectivity index (χ2n) is 3.64. The van der Waals surface area contributed by atoms with Gasteiger partial charge in [0.1, 0.15) is 0 Å². The second-order valence-corrected chi connectivity index (χ2v) is 4.74. The van der Waals surface area contributed by atoms with E-state index in [1.165, 1.54) is 0 Å². The van der Waals surface area contributed by atoms with Crippen molar-refractivity contribution in [3.63, 3.8) is 0 Å². The number of hydrogen-bond acceptors (Lipinski definition) is 4. The molecule has 0 aliphatic carbocycles. The molecule has 1 rings (SSSR count). The molecule has 4 nitrogen and oxygen atoms in total. The van der Waals surface area contributed by atoms with Crippen molar-refractivity contribution in [2.24, 2.45) is 0 Å². The Kier molecular flexibility index (Phi) is 4.95. The maximum atomic E-state index is 10.6. The largest absolute Gasteiger partial charge is 0.481 e. The molecule has 1 fully saturated rings. The Morgan fingerprint density at radius 1 is 1.67 bits per heavy atom. The molecule has 15 heavy (non-hydrogen) atoms. The Labute approximate surface area is 94.2 Å². The average Bonchev–Trinajstić information content (AvgIpc) is 2.12. The van der Waals surface area contributed by atoms with Gasteiger partial charge in [-0.1, -0.05) is 5.92 Å². The number of thioether (sulfide) groups is 1. The van der Waals surface area contributed by atoms with Gasteiger partial charge in [0.25, 0.3) is 0 Å². The van der Waals surface area contributed by atoms with Gasteiger partial charge in [-0.2, -0.15) is 0 Å². The van der Waals surface area contributed by atoms with E-state index < -0.39 is 5.97 Å². The highest BCUT2D eigenvalue weighted by molar-refractivity contribution is 7.99. The first-order chi connectivity index (χ1) is 7.18. The molecule has 0 bridgehead atoms. The summed E-state index contributed by atoms with van der Waals surface area (Å²) in [6.45, 7) is 2.28. The van der Waals surface area contributed by atoms with E-state index in [1.807, 2.05) is 0 Å². The predicted octanol–water partition coefficient (Wildman–Crippen LogP) is -0.241. The summed E-state index contributed by atoms with van der Waals surface area (Å²) in [7, 11) is 0. The molecular weight excluding hydrogens is 212 g/mol. The first-order valence-electron chi connectivity index (χ1n) is 4.87. The van der Waals surface area contributed by atoms with Gasteiger partial charge < -0.3 is 15.7 Å². The number of carbonyl (C=O) groups is 1. The van der Waals surface area contributed by atoms with Crippen LogP contribution in [0.3, 0.4) is 0 Å². The van der Waals surface area contributed by atoms with Crippen molar-refractivity contribution >= 4 is 17.7 Å². The number of nitrogens with one attached hydrogen (secondary N) is 2. The fourth-order valence-corrected chi connectivity index (χ4v) is 2.06. The minimum absolute atomic E-state index is 0.180. The molecule has 0 spiro atoms. The molecule has 3 N–H and O–H groups in total. The molecule has 0 aromatic rings. The van der Waals surface area contributed by atoms with Crippen molar-refractivity contribution in [2.45, 2.75) is 12.0 Å². The van der Waals surface area contributed by atoms with Gasteiger partial charge >= 0.3 is 5.97 Å². The minimum atomic E-state index is -0.750. The number of rotatable bonds is 7. The molecule has 84 valence electrons. The lowest BCUT2D eigenvalue weighted by atomic mass is 9.88. The van der Waals surface area contributed by atoms with Crippen LogP contribution in [-0.4, -0.2) is 47.8 Å². The molecule has 0 aromatic heterocycles. The third kappa shape index (κ3) is 4.12. The highest BCUT2D eigenvalue weighted by Crippen LogP contribution is 2.15. The summed E-state index contributed by atoms with van der Waals surface area (Å²) in [5.74, 6) is 3.44. The van der Waals surface area contributed by atoms with Crippen LogP contribution >= 0.6 is 11.8 Å². The minimum Gasteiger partial charge on any atom is -0.481 e. The van der Waals surface area contributed by atoms with E-state index in [0.717, 1.165) is 25.4 Å². The number of carboxylic acid groups (broad SMARTS) is 1. The van der Waals surface area contributed by atoms with Crippen LogP contribution in [0, 0.1) is 12.3 Å². The summed E-state index contributed by atoms with van der Waals surface area (Å²) in [6, 6.07) is 0. The maximum absolute atomic E-state index is 10.6. The average molecular weight is 228 g/mol. The van der Waals surface area contributed by atoms with E-state index >= 15 is 0 Å². The Bertz CT molecular complexity index is 259. The zero-order valence-corrected chi connectivity index (χ0v) is 9.40. The fourth-order valence-electron chi connectivity index (χ4n) is 1.55. The van der Waals surface area contributed by atoms with Crippen molar-refractivity contribution in [3.8, 4) is 12.3 Å². The Morgan fingerprint density at radius 3 is 2.87 bits per heavy atom. The Hall–Kier alpha value is -0.700. The monoisotopic (exact) mass is 228 g/mol. The summed E-state index contributed by atoms with van der Waals surface area (Å²) >= 11 is 1.68. The summed E-state index contributed by atoms with van der Waals surface area (Å²) in [6.07, 6.45) is 5.30. The number of aliphatic carboxylic acids is 1.